The van der Waals surface area contributed by atoms with Crippen LogP contribution in [0.15, 0.2) is 29.2 Å². The van der Waals surface area contributed by atoms with E-state index in [1.807, 2.05) is 23.9 Å². The zero-order chi connectivity index (χ0) is 11.3. The highest BCUT2D eigenvalue weighted by atomic mass is 32.2. The molecule has 0 aliphatic heterocycles. The first kappa shape index (κ1) is 12.4. The van der Waals surface area contributed by atoms with Gasteiger partial charge in [0, 0.05) is 9.64 Å². The normalized spacial score (nSPS) is 11.7. The molecule has 15 heavy (non-hydrogen) atoms. The van der Waals surface area contributed by atoms with Crippen LogP contribution >= 0.6 is 11.8 Å². The van der Waals surface area contributed by atoms with Gasteiger partial charge in [0.2, 0.25) is 0 Å². The Morgan fingerprint density at radius 2 is 1.80 bits per heavy atom. The number of benzene rings is 1. The molecule has 2 heteroatoms. The highest BCUT2D eigenvalue weighted by Gasteiger charge is 2.18. The molecule has 0 bridgehead atoms. The molecule has 1 nitrogen and oxygen atoms in total. The molecule has 0 atom stereocenters. The molecule has 0 unspecified atom stereocenters. The molecule has 84 valence electrons. The Morgan fingerprint density at radius 3 is 2.33 bits per heavy atom. The average Bonchev–Trinajstić information content (AvgIpc) is 2.18. The van der Waals surface area contributed by atoms with Crippen molar-refractivity contribution >= 4 is 11.8 Å². The van der Waals surface area contributed by atoms with E-state index in [0.29, 0.717) is 5.75 Å². The summed E-state index contributed by atoms with van der Waals surface area (Å²) in [5, 5.41) is 9.19. The molecule has 0 fully saturated rings. The third kappa shape index (κ3) is 4.61. The van der Waals surface area contributed by atoms with Crippen LogP contribution in [-0.4, -0.2) is 9.85 Å². The van der Waals surface area contributed by atoms with Gasteiger partial charge in [0.15, 0.2) is 0 Å². The summed E-state index contributed by atoms with van der Waals surface area (Å²) in [5.41, 5.74) is 0. The monoisotopic (exact) mass is 224 g/mol. The van der Waals surface area contributed by atoms with Gasteiger partial charge in [-0.15, -0.1) is 11.8 Å². The summed E-state index contributed by atoms with van der Waals surface area (Å²) in [6.45, 7) is 6.78. The lowest BCUT2D eigenvalue weighted by atomic mass is 10.1. The summed E-state index contributed by atoms with van der Waals surface area (Å²) >= 11 is 1.88. The summed E-state index contributed by atoms with van der Waals surface area (Å²) in [6, 6.07) is 7.46. The van der Waals surface area contributed by atoms with E-state index >= 15 is 0 Å². The minimum atomic E-state index is 0.285. The lowest BCUT2D eigenvalue weighted by Crippen LogP contribution is -2.13. The fraction of sp³-hybridized carbons (Fsp3) is 0.538. The van der Waals surface area contributed by atoms with Crippen molar-refractivity contribution in [2.24, 2.45) is 0 Å². The van der Waals surface area contributed by atoms with Crippen LogP contribution in [0.5, 0.6) is 5.75 Å². The van der Waals surface area contributed by atoms with Crippen molar-refractivity contribution in [1.29, 1.82) is 0 Å². The van der Waals surface area contributed by atoms with Gasteiger partial charge in [0.25, 0.3) is 0 Å². The highest BCUT2D eigenvalue weighted by molar-refractivity contribution is 8.00. The molecule has 0 aliphatic carbocycles. The van der Waals surface area contributed by atoms with Gasteiger partial charge in [-0.2, -0.15) is 0 Å². The van der Waals surface area contributed by atoms with E-state index in [0.717, 1.165) is 0 Å². The van der Waals surface area contributed by atoms with E-state index < -0.39 is 0 Å². The fourth-order valence-corrected chi connectivity index (χ4v) is 2.64. The molecule has 0 amide bonds. The molecule has 1 aromatic rings. The van der Waals surface area contributed by atoms with Crippen LogP contribution in [0.3, 0.4) is 0 Å². The second-order valence-electron chi connectivity index (χ2n) is 4.46. The number of hydrogen-bond acceptors (Lipinski definition) is 2. The Balaban J connectivity index is 2.56. The lowest BCUT2D eigenvalue weighted by Gasteiger charge is -2.23. The molecular weight excluding hydrogens is 204 g/mol. The van der Waals surface area contributed by atoms with Crippen molar-refractivity contribution < 1.29 is 5.11 Å². The van der Waals surface area contributed by atoms with Crippen LogP contribution in [0.4, 0.5) is 0 Å². The Kier molecular flexibility index (Phi) is 4.52. The van der Waals surface area contributed by atoms with Crippen LogP contribution in [-0.2, 0) is 0 Å². The van der Waals surface area contributed by atoms with E-state index in [1.54, 1.807) is 12.1 Å². The van der Waals surface area contributed by atoms with E-state index in [-0.39, 0.29) is 4.75 Å². The van der Waals surface area contributed by atoms with Gasteiger partial charge < -0.3 is 5.11 Å². The van der Waals surface area contributed by atoms with E-state index in [2.05, 4.69) is 20.8 Å². The van der Waals surface area contributed by atoms with Crippen molar-refractivity contribution in [2.75, 3.05) is 0 Å². The van der Waals surface area contributed by atoms with Gasteiger partial charge in [-0.1, -0.05) is 33.6 Å². The van der Waals surface area contributed by atoms with Crippen LogP contribution < -0.4 is 0 Å². The maximum Gasteiger partial charge on any atom is 0.115 e. The molecule has 0 aliphatic rings. The van der Waals surface area contributed by atoms with Crippen molar-refractivity contribution in [3.63, 3.8) is 0 Å². The molecule has 0 saturated carbocycles. The van der Waals surface area contributed by atoms with Crippen LogP contribution in [0.1, 0.15) is 40.0 Å². The maximum absolute atomic E-state index is 9.19. The SMILES string of the molecule is CCCCC(C)(C)Sc1ccc(O)cc1. The Bertz CT molecular complexity index is 290. The predicted octanol–water partition coefficient (Wildman–Crippen LogP) is 4.45. The van der Waals surface area contributed by atoms with E-state index in [9.17, 15) is 5.11 Å². The lowest BCUT2D eigenvalue weighted by molar-refractivity contribution is 0.475. The summed E-state index contributed by atoms with van der Waals surface area (Å²) in [7, 11) is 0. The first-order chi connectivity index (χ1) is 7.03. The van der Waals surface area contributed by atoms with Crippen molar-refractivity contribution in [2.45, 2.75) is 49.7 Å². The number of thioether (sulfide) groups is 1. The topological polar surface area (TPSA) is 20.2 Å². The van der Waals surface area contributed by atoms with Crippen LogP contribution in [0.25, 0.3) is 0 Å². The summed E-state index contributed by atoms with van der Waals surface area (Å²) in [5.74, 6) is 0.339. The molecule has 1 aromatic carbocycles. The molecule has 0 radical (unpaired) electrons. The molecule has 0 saturated heterocycles. The third-order valence-corrected chi connectivity index (χ3v) is 3.63. The second kappa shape index (κ2) is 5.45. The number of phenolic OH excluding ortho intramolecular Hbond substituents is 1. The summed E-state index contributed by atoms with van der Waals surface area (Å²) < 4.78 is 0.285. The average molecular weight is 224 g/mol. The summed E-state index contributed by atoms with van der Waals surface area (Å²) in [6.07, 6.45) is 3.76. The van der Waals surface area contributed by atoms with Gasteiger partial charge in [-0.3, -0.25) is 0 Å². The number of unbranched alkanes of at least 4 members (excludes halogenated alkanes) is 1. The number of phenols is 1. The molecule has 0 heterocycles. The quantitative estimate of drug-likeness (QED) is 0.745. The standard InChI is InChI=1S/C13H20OS/c1-4-5-10-13(2,3)15-12-8-6-11(14)7-9-12/h6-9,14H,4-5,10H2,1-3H3. The van der Waals surface area contributed by atoms with E-state index in [1.165, 1.54) is 24.2 Å². The Hall–Kier alpha value is -0.630. The first-order valence-corrected chi connectivity index (χ1v) is 6.33. The van der Waals surface area contributed by atoms with Gasteiger partial charge in [-0.05, 0) is 30.7 Å². The zero-order valence-corrected chi connectivity index (χ0v) is 10.6. The van der Waals surface area contributed by atoms with Gasteiger partial charge >= 0.3 is 0 Å². The van der Waals surface area contributed by atoms with E-state index in [4.69, 9.17) is 0 Å². The van der Waals surface area contributed by atoms with Crippen molar-refractivity contribution in [3.05, 3.63) is 24.3 Å². The number of hydrogen-bond donors (Lipinski definition) is 1. The maximum atomic E-state index is 9.19. The van der Waals surface area contributed by atoms with Gasteiger partial charge in [0.1, 0.15) is 5.75 Å². The molecule has 1 N–H and O–H groups in total. The predicted molar refractivity (Wildman–Crippen MR) is 67.6 cm³/mol. The van der Waals surface area contributed by atoms with Gasteiger partial charge in [0.05, 0.1) is 0 Å². The highest BCUT2D eigenvalue weighted by Crippen LogP contribution is 2.36. The fourth-order valence-electron chi connectivity index (χ4n) is 1.49. The molecule has 0 spiro atoms. The van der Waals surface area contributed by atoms with Gasteiger partial charge in [-0.25, -0.2) is 0 Å². The third-order valence-electron chi connectivity index (χ3n) is 2.36. The largest absolute Gasteiger partial charge is 0.508 e. The van der Waals surface area contributed by atoms with Crippen LogP contribution in [0.2, 0.25) is 0 Å². The van der Waals surface area contributed by atoms with Crippen LogP contribution in [0, 0.1) is 0 Å². The van der Waals surface area contributed by atoms with Crippen molar-refractivity contribution in [3.8, 4) is 5.75 Å². The number of aromatic hydroxyl groups is 1. The molecule has 1 rings (SSSR count). The molecular formula is C13H20OS. The zero-order valence-electron chi connectivity index (χ0n) is 9.79. The first-order valence-electron chi connectivity index (χ1n) is 5.51. The summed E-state index contributed by atoms with van der Waals surface area (Å²) in [4.78, 5) is 1.23. The molecule has 0 aromatic heterocycles. The minimum Gasteiger partial charge on any atom is -0.508 e. The number of rotatable bonds is 5. The second-order valence-corrected chi connectivity index (χ2v) is 6.24. The Morgan fingerprint density at radius 1 is 1.20 bits per heavy atom. The smallest absolute Gasteiger partial charge is 0.115 e. The van der Waals surface area contributed by atoms with Crippen molar-refractivity contribution in [1.82, 2.24) is 0 Å². The minimum absolute atomic E-state index is 0.285. The Labute approximate surface area is 96.9 Å².